The third-order valence-corrected chi connectivity index (χ3v) is 5.38. The normalized spacial score (nSPS) is 14.7. The minimum atomic E-state index is -0.194. The largest absolute Gasteiger partial charge is 0.338 e. The van der Waals surface area contributed by atoms with E-state index in [0.29, 0.717) is 12.2 Å². The van der Waals surface area contributed by atoms with Gasteiger partial charge in [-0.25, -0.2) is 19.3 Å². The Bertz CT molecular complexity index is 1060. The van der Waals surface area contributed by atoms with Gasteiger partial charge in [0.25, 0.3) is 11.1 Å². The van der Waals surface area contributed by atoms with Crippen molar-refractivity contribution in [2.75, 3.05) is 37.6 Å². The molecule has 0 unspecified atom stereocenters. The average molecular weight is 406 g/mol. The highest BCUT2D eigenvalue weighted by atomic mass is 16.2. The van der Waals surface area contributed by atoms with E-state index >= 15 is 0 Å². The quantitative estimate of drug-likeness (QED) is 0.552. The maximum Gasteiger partial charge on any atom is 0.270 e. The van der Waals surface area contributed by atoms with Crippen LogP contribution in [0.25, 0.3) is 5.69 Å². The predicted molar refractivity (Wildman–Crippen MR) is 116 cm³/mol. The summed E-state index contributed by atoms with van der Waals surface area (Å²) in [7, 11) is 0. The Balaban J connectivity index is 1.31. The fourth-order valence-electron chi connectivity index (χ4n) is 3.79. The molecule has 1 aliphatic heterocycles. The van der Waals surface area contributed by atoms with Crippen LogP contribution in [0.5, 0.6) is 0 Å². The molecule has 0 bridgehead atoms. The molecular formula is C22H26N6O2. The van der Waals surface area contributed by atoms with Crippen molar-refractivity contribution in [1.82, 2.24) is 24.2 Å². The van der Waals surface area contributed by atoms with Crippen LogP contribution in [0.2, 0.25) is 0 Å². The van der Waals surface area contributed by atoms with Crippen molar-refractivity contribution in [2.24, 2.45) is 0 Å². The van der Waals surface area contributed by atoms with Gasteiger partial charge in [0.1, 0.15) is 0 Å². The number of anilines is 1. The van der Waals surface area contributed by atoms with E-state index in [9.17, 15) is 9.59 Å². The molecule has 8 heteroatoms. The summed E-state index contributed by atoms with van der Waals surface area (Å²) in [5, 5.41) is 0. The van der Waals surface area contributed by atoms with Gasteiger partial charge in [0.05, 0.1) is 5.69 Å². The molecule has 3 aromatic rings. The topological polar surface area (TPSA) is 76.3 Å². The first-order valence-electron chi connectivity index (χ1n) is 10.4. The van der Waals surface area contributed by atoms with Gasteiger partial charge in [0, 0.05) is 57.3 Å². The van der Waals surface area contributed by atoms with E-state index in [0.717, 1.165) is 51.5 Å². The Morgan fingerprint density at radius 1 is 0.733 bits per heavy atom. The van der Waals surface area contributed by atoms with Gasteiger partial charge in [-0.1, -0.05) is 18.2 Å². The van der Waals surface area contributed by atoms with Gasteiger partial charge in [-0.15, -0.1) is 0 Å². The molecule has 1 aromatic carbocycles. The van der Waals surface area contributed by atoms with Crippen LogP contribution in [0.15, 0.2) is 70.5 Å². The standard InChI is InChI=1S/C22H26N6O2/c29-20-9-10-21(30)28(19-7-2-1-3-8-19)27(20)14-5-4-13-25-15-17-26(18-16-25)22-23-11-6-12-24-22/h1-3,6-12H,4-5,13-18H2. The summed E-state index contributed by atoms with van der Waals surface area (Å²) in [5.41, 5.74) is 0.356. The number of unbranched alkanes of at least 4 members (excludes halogenated alkanes) is 1. The summed E-state index contributed by atoms with van der Waals surface area (Å²) < 4.78 is 3.02. The number of hydrogen-bond acceptors (Lipinski definition) is 6. The number of rotatable bonds is 7. The van der Waals surface area contributed by atoms with E-state index in [2.05, 4.69) is 19.8 Å². The lowest BCUT2D eigenvalue weighted by atomic mass is 10.2. The summed E-state index contributed by atoms with van der Waals surface area (Å²) >= 11 is 0. The highest BCUT2D eigenvalue weighted by Crippen LogP contribution is 2.10. The molecular weight excluding hydrogens is 380 g/mol. The van der Waals surface area contributed by atoms with Gasteiger partial charge < -0.3 is 4.90 Å². The van der Waals surface area contributed by atoms with Crippen molar-refractivity contribution >= 4 is 5.95 Å². The van der Waals surface area contributed by atoms with E-state index in [4.69, 9.17) is 0 Å². The average Bonchev–Trinajstić information content (AvgIpc) is 2.80. The van der Waals surface area contributed by atoms with Gasteiger partial charge in [-0.3, -0.25) is 14.5 Å². The summed E-state index contributed by atoms with van der Waals surface area (Å²) in [4.78, 5) is 38.1. The molecule has 3 heterocycles. The van der Waals surface area contributed by atoms with Crippen LogP contribution in [0, 0.1) is 0 Å². The number of benzene rings is 1. The molecule has 1 fully saturated rings. The third-order valence-electron chi connectivity index (χ3n) is 5.38. The zero-order chi connectivity index (χ0) is 20.8. The second kappa shape index (κ2) is 9.49. The zero-order valence-corrected chi connectivity index (χ0v) is 16.9. The number of aromatic nitrogens is 4. The molecule has 0 radical (unpaired) electrons. The molecule has 8 nitrogen and oxygen atoms in total. The van der Waals surface area contributed by atoms with Gasteiger partial charge in [0.15, 0.2) is 0 Å². The Hall–Kier alpha value is -3.26. The maximum absolute atomic E-state index is 12.4. The van der Waals surface area contributed by atoms with Crippen LogP contribution in [0.1, 0.15) is 12.8 Å². The molecule has 1 saturated heterocycles. The second-order valence-electron chi connectivity index (χ2n) is 7.36. The van der Waals surface area contributed by atoms with Crippen LogP contribution in [0.4, 0.5) is 5.95 Å². The Labute approximate surface area is 175 Å². The van der Waals surface area contributed by atoms with Crippen molar-refractivity contribution in [2.45, 2.75) is 19.4 Å². The number of hydrogen-bond donors (Lipinski definition) is 0. The Kier molecular flexibility index (Phi) is 6.34. The summed E-state index contributed by atoms with van der Waals surface area (Å²) in [6, 6.07) is 13.8. The van der Waals surface area contributed by atoms with E-state index in [1.807, 2.05) is 36.4 Å². The second-order valence-corrected chi connectivity index (χ2v) is 7.36. The van der Waals surface area contributed by atoms with Gasteiger partial charge in [-0.05, 0) is 37.6 Å². The third kappa shape index (κ3) is 4.65. The highest BCUT2D eigenvalue weighted by molar-refractivity contribution is 5.30. The minimum Gasteiger partial charge on any atom is -0.338 e. The van der Waals surface area contributed by atoms with Crippen LogP contribution in [0.3, 0.4) is 0 Å². The number of piperazine rings is 1. The first kappa shape index (κ1) is 20.0. The molecule has 1 aliphatic rings. The lowest BCUT2D eigenvalue weighted by Crippen LogP contribution is -2.47. The molecule has 0 amide bonds. The fraction of sp³-hybridized carbons (Fsp3) is 0.364. The monoisotopic (exact) mass is 406 g/mol. The van der Waals surface area contributed by atoms with E-state index < -0.39 is 0 Å². The molecule has 156 valence electrons. The van der Waals surface area contributed by atoms with Crippen LogP contribution >= 0.6 is 0 Å². The molecule has 0 spiro atoms. The van der Waals surface area contributed by atoms with Crippen LogP contribution in [-0.4, -0.2) is 57.0 Å². The van der Waals surface area contributed by atoms with Gasteiger partial charge in [-0.2, -0.15) is 0 Å². The molecule has 2 aromatic heterocycles. The first-order chi connectivity index (χ1) is 14.7. The lowest BCUT2D eigenvalue weighted by molar-refractivity contribution is 0.249. The van der Waals surface area contributed by atoms with Gasteiger partial charge in [0.2, 0.25) is 5.95 Å². The van der Waals surface area contributed by atoms with E-state index in [-0.39, 0.29) is 11.1 Å². The molecule has 0 aliphatic carbocycles. The van der Waals surface area contributed by atoms with Crippen molar-refractivity contribution < 1.29 is 0 Å². The molecule has 4 rings (SSSR count). The number of para-hydroxylation sites is 1. The van der Waals surface area contributed by atoms with Crippen LogP contribution in [-0.2, 0) is 6.54 Å². The fourth-order valence-corrected chi connectivity index (χ4v) is 3.79. The lowest BCUT2D eigenvalue weighted by Gasteiger charge is -2.34. The number of nitrogens with zero attached hydrogens (tertiary/aromatic N) is 6. The molecule has 0 saturated carbocycles. The van der Waals surface area contributed by atoms with Gasteiger partial charge >= 0.3 is 0 Å². The zero-order valence-electron chi connectivity index (χ0n) is 16.9. The Morgan fingerprint density at radius 2 is 1.40 bits per heavy atom. The summed E-state index contributed by atoms with van der Waals surface area (Å²) in [6.45, 7) is 5.25. The van der Waals surface area contributed by atoms with Crippen molar-refractivity contribution in [3.05, 3.63) is 81.6 Å². The van der Waals surface area contributed by atoms with Crippen molar-refractivity contribution in [1.29, 1.82) is 0 Å². The van der Waals surface area contributed by atoms with E-state index in [1.54, 1.807) is 17.1 Å². The molecule has 0 N–H and O–H groups in total. The Morgan fingerprint density at radius 3 is 2.13 bits per heavy atom. The SMILES string of the molecule is O=c1ccc(=O)n(-c2ccccc2)n1CCCCN1CCN(c2ncccn2)CC1. The smallest absolute Gasteiger partial charge is 0.270 e. The maximum atomic E-state index is 12.4. The minimum absolute atomic E-state index is 0.157. The molecule has 0 atom stereocenters. The van der Waals surface area contributed by atoms with Crippen LogP contribution < -0.4 is 16.0 Å². The van der Waals surface area contributed by atoms with Crippen molar-refractivity contribution in [3.63, 3.8) is 0 Å². The first-order valence-corrected chi connectivity index (χ1v) is 10.4. The predicted octanol–water partition coefficient (Wildman–Crippen LogP) is 1.39. The summed E-state index contributed by atoms with van der Waals surface area (Å²) in [5.74, 6) is 0.791. The summed E-state index contributed by atoms with van der Waals surface area (Å²) in [6.07, 6.45) is 5.34. The van der Waals surface area contributed by atoms with E-state index in [1.165, 1.54) is 16.8 Å². The highest BCUT2D eigenvalue weighted by Gasteiger charge is 2.18. The van der Waals surface area contributed by atoms with Crippen molar-refractivity contribution in [3.8, 4) is 5.69 Å². The molecule has 30 heavy (non-hydrogen) atoms.